The van der Waals surface area contributed by atoms with Crippen LogP contribution in [0.3, 0.4) is 0 Å². The average molecular weight is 387 g/mol. The van der Waals surface area contributed by atoms with Gasteiger partial charge in [0.1, 0.15) is 0 Å². The van der Waals surface area contributed by atoms with Crippen LogP contribution in [0.2, 0.25) is 0 Å². The van der Waals surface area contributed by atoms with Crippen LogP contribution in [0.15, 0.2) is 12.1 Å². The zero-order valence-electron chi connectivity index (χ0n) is 16.9. The molecule has 0 aromatic heterocycles. The molecule has 6 nitrogen and oxygen atoms in total. The van der Waals surface area contributed by atoms with Gasteiger partial charge >= 0.3 is 5.97 Å². The summed E-state index contributed by atoms with van der Waals surface area (Å²) in [6, 6.07) is 3.17. The van der Waals surface area contributed by atoms with Gasteiger partial charge in [0.05, 0.1) is 32.6 Å². The molecular weight excluding hydrogens is 358 g/mol. The van der Waals surface area contributed by atoms with Gasteiger partial charge in [0, 0.05) is 18.6 Å². The third-order valence-corrected chi connectivity index (χ3v) is 6.90. The number of hydrogen-bond acceptors (Lipinski definition) is 5. The summed E-state index contributed by atoms with van der Waals surface area (Å²) in [5.74, 6) is 2.70. The van der Waals surface area contributed by atoms with E-state index in [9.17, 15) is 9.59 Å². The van der Waals surface area contributed by atoms with Crippen LogP contribution < -0.4 is 14.8 Å². The highest BCUT2D eigenvalue weighted by atomic mass is 16.5. The van der Waals surface area contributed by atoms with Gasteiger partial charge in [0.2, 0.25) is 5.91 Å². The molecule has 0 atom stereocenters. The number of esters is 1. The monoisotopic (exact) mass is 387 g/mol. The number of methoxy groups -OCH3 is 3. The van der Waals surface area contributed by atoms with Gasteiger partial charge in [-0.1, -0.05) is 0 Å². The largest absolute Gasteiger partial charge is 0.493 e. The number of hydrogen-bond donors (Lipinski definition) is 1. The first-order chi connectivity index (χ1) is 13.4. The van der Waals surface area contributed by atoms with Crippen LogP contribution >= 0.6 is 0 Å². The van der Waals surface area contributed by atoms with Crippen molar-refractivity contribution in [2.75, 3.05) is 26.6 Å². The van der Waals surface area contributed by atoms with Gasteiger partial charge in [-0.05, 0) is 61.7 Å². The maximum Gasteiger partial charge on any atom is 0.340 e. The van der Waals surface area contributed by atoms with Crippen molar-refractivity contribution in [2.24, 2.45) is 23.2 Å². The summed E-state index contributed by atoms with van der Waals surface area (Å²) in [7, 11) is 4.35. The maximum atomic E-state index is 13.0. The highest BCUT2D eigenvalue weighted by Crippen LogP contribution is 2.61. The Hall–Kier alpha value is -2.24. The molecule has 1 amide bonds. The predicted octanol–water partition coefficient (Wildman–Crippen LogP) is 4.04. The summed E-state index contributed by atoms with van der Waals surface area (Å²) in [4.78, 5) is 25.2. The van der Waals surface area contributed by atoms with Gasteiger partial charge in [-0.15, -0.1) is 0 Å². The first kappa shape index (κ1) is 19.1. The number of rotatable bonds is 6. The average Bonchev–Trinajstić information content (AvgIpc) is 2.65. The quantitative estimate of drug-likeness (QED) is 0.746. The van der Waals surface area contributed by atoms with E-state index >= 15 is 0 Å². The summed E-state index contributed by atoms with van der Waals surface area (Å²) in [5, 5.41) is 2.95. The van der Waals surface area contributed by atoms with Crippen molar-refractivity contribution < 1.29 is 23.8 Å². The third kappa shape index (κ3) is 3.45. The summed E-state index contributed by atoms with van der Waals surface area (Å²) in [6.07, 6.45) is 8.08. The molecule has 4 saturated carbocycles. The van der Waals surface area contributed by atoms with Crippen LogP contribution in [-0.2, 0) is 9.53 Å². The Labute approximate surface area is 165 Å². The van der Waals surface area contributed by atoms with Crippen molar-refractivity contribution in [3.05, 3.63) is 17.7 Å². The molecule has 0 radical (unpaired) electrons. The standard InChI is InChI=1S/C22H29NO5/c1-26-18-7-16(21(25)28-3)17(8-19(18)27-2)23-20(24)12-22-9-13-4-14(10-22)6-15(5-13)11-22/h7-8,13-15H,4-6,9-12H2,1-3H3,(H,23,24). The minimum absolute atomic E-state index is 0.0423. The molecule has 4 aliphatic carbocycles. The molecule has 4 aliphatic rings. The molecule has 28 heavy (non-hydrogen) atoms. The van der Waals surface area contributed by atoms with E-state index in [-0.39, 0.29) is 16.9 Å². The van der Waals surface area contributed by atoms with E-state index in [1.165, 1.54) is 59.9 Å². The number of anilines is 1. The van der Waals surface area contributed by atoms with E-state index < -0.39 is 5.97 Å². The van der Waals surface area contributed by atoms with Crippen LogP contribution in [-0.4, -0.2) is 33.2 Å². The van der Waals surface area contributed by atoms with Crippen LogP contribution in [0.1, 0.15) is 55.3 Å². The van der Waals surface area contributed by atoms with Gasteiger partial charge < -0.3 is 19.5 Å². The number of nitrogens with one attached hydrogen (secondary N) is 1. The van der Waals surface area contributed by atoms with Gasteiger partial charge in [-0.2, -0.15) is 0 Å². The molecule has 152 valence electrons. The third-order valence-electron chi connectivity index (χ3n) is 6.90. The SMILES string of the molecule is COC(=O)c1cc(OC)c(OC)cc1NC(=O)CC12CC3CC(CC(C3)C1)C2. The Kier molecular flexibility index (Phi) is 4.98. The Morgan fingerprint density at radius 2 is 1.50 bits per heavy atom. The van der Waals surface area contributed by atoms with Crippen molar-refractivity contribution in [1.29, 1.82) is 0 Å². The van der Waals surface area contributed by atoms with Crippen LogP contribution in [0.25, 0.3) is 0 Å². The summed E-state index contributed by atoms with van der Waals surface area (Å²) >= 11 is 0. The zero-order valence-corrected chi connectivity index (χ0v) is 16.9. The summed E-state index contributed by atoms with van der Waals surface area (Å²) < 4.78 is 15.5. The van der Waals surface area contributed by atoms with Crippen LogP contribution in [0.5, 0.6) is 11.5 Å². The molecule has 0 saturated heterocycles. The fraction of sp³-hybridized carbons (Fsp3) is 0.636. The van der Waals surface area contributed by atoms with E-state index in [2.05, 4.69) is 5.32 Å². The number of carbonyl (C=O) groups is 2. The topological polar surface area (TPSA) is 73.9 Å². The van der Waals surface area contributed by atoms with Crippen molar-refractivity contribution in [3.8, 4) is 11.5 Å². The molecular formula is C22H29NO5. The number of ether oxygens (including phenoxy) is 3. The lowest BCUT2D eigenvalue weighted by atomic mass is 9.49. The minimum atomic E-state index is -0.522. The van der Waals surface area contributed by atoms with Gasteiger partial charge in [-0.25, -0.2) is 4.79 Å². The molecule has 1 aromatic rings. The van der Waals surface area contributed by atoms with Gasteiger partial charge in [0.15, 0.2) is 11.5 Å². The second-order valence-electron chi connectivity index (χ2n) is 8.89. The van der Waals surface area contributed by atoms with Crippen LogP contribution in [0.4, 0.5) is 5.69 Å². The smallest absolute Gasteiger partial charge is 0.340 e. The fourth-order valence-electron chi connectivity index (χ4n) is 6.30. The Morgan fingerprint density at radius 1 is 0.964 bits per heavy atom. The molecule has 1 N–H and O–H groups in total. The summed E-state index contributed by atoms with van der Waals surface area (Å²) in [5.41, 5.74) is 0.805. The Bertz CT molecular complexity index is 752. The Balaban J connectivity index is 1.55. The molecule has 4 fully saturated rings. The summed E-state index contributed by atoms with van der Waals surface area (Å²) in [6.45, 7) is 0. The number of amides is 1. The van der Waals surface area contributed by atoms with Gasteiger partial charge in [0.25, 0.3) is 0 Å². The van der Waals surface area contributed by atoms with E-state index in [0.717, 1.165) is 17.8 Å². The minimum Gasteiger partial charge on any atom is -0.493 e. The first-order valence-corrected chi connectivity index (χ1v) is 10.1. The van der Waals surface area contributed by atoms with E-state index in [4.69, 9.17) is 14.2 Å². The molecule has 4 bridgehead atoms. The maximum absolute atomic E-state index is 13.0. The lowest BCUT2D eigenvalue weighted by Gasteiger charge is -2.56. The fourth-order valence-corrected chi connectivity index (χ4v) is 6.30. The molecule has 1 aromatic carbocycles. The zero-order chi connectivity index (χ0) is 19.9. The van der Waals surface area contributed by atoms with Crippen molar-refractivity contribution in [1.82, 2.24) is 0 Å². The molecule has 5 rings (SSSR count). The van der Waals surface area contributed by atoms with E-state index in [1.54, 1.807) is 12.1 Å². The van der Waals surface area contributed by atoms with E-state index in [1.807, 2.05) is 0 Å². The first-order valence-electron chi connectivity index (χ1n) is 10.1. The lowest BCUT2D eigenvalue weighted by Crippen LogP contribution is -2.47. The van der Waals surface area contributed by atoms with Crippen molar-refractivity contribution in [3.63, 3.8) is 0 Å². The Morgan fingerprint density at radius 3 is 2.00 bits per heavy atom. The second-order valence-corrected chi connectivity index (χ2v) is 8.89. The highest BCUT2D eigenvalue weighted by molar-refractivity contribution is 6.02. The van der Waals surface area contributed by atoms with E-state index in [0.29, 0.717) is 23.6 Å². The number of carbonyl (C=O) groups excluding carboxylic acids is 2. The molecule has 0 spiro atoms. The highest BCUT2D eigenvalue weighted by Gasteiger charge is 2.51. The molecule has 6 heteroatoms. The van der Waals surface area contributed by atoms with Crippen LogP contribution in [0, 0.1) is 23.2 Å². The molecule has 0 heterocycles. The molecule has 0 aliphatic heterocycles. The molecule has 0 unspecified atom stereocenters. The van der Waals surface area contributed by atoms with Crippen molar-refractivity contribution in [2.45, 2.75) is 44.9 Å². The second kappa shape index (κ2) is 7.30. The normalized spacial score (nSPS) is 30.0. The number of benzene rings is 1. The van der Waals surface area contributed by atoms with Crippen molar-refractivity contribution >= 4 is 17.6 Å². The predicted molar refractivity (Wildman–Crippen MR) is 105 cm³/mol. The lowest BCUT2D eigenvalue weighted by molar-refractivity contribution is -0.124. The van der Waals surface area contributed by atoms with Gasteiger partial charge in [-0.3, -0.25) is 4.79 Å².